The van der Waals surface area contributed by atoms with E-state index in [0.717, 1.165) is 37.4 Å². The average molecular weight is 254 g/mol. The van der Waals surface area contributed by atoms with Crippen LogP contribution in [0.5, 0.6) is 0 Å². The van der Waals surface area contributed by atoms with Crippen LogP contribution < -0.4 is 5.32 Å². The maximum atomic E-state index is 12.0. The van der Waals surface area contributed by atoms with E-state index in [0.29, 0.717) is 11.6 Å². The van der Waals surface area contributed by atoms with E-state index >= 15 is 0 Å². The summed E-state index contributed by atoms with van der Waals surface area (Å²) in [5, 5.41) is 3.32. The number of nitrogens with one attached hydrogen (secondary N) is 1. The first-order valence-corrected chi connectivity index (χ1v) is 7.06. The molecule has 1 atom stereocenters. The van der Waals surface area contributed by atoms with E-state index in [9.17, 15) is 9.59 Å². The van der Waals surface area contributed by atoms with Crippen LogP contribution in [0.3, 0.4) is 0 Å². The highest BCUT2D eigenvalue weighted by atomic mass is 32.2. The molecule has 4 nitrogen and oxygen atoms in total. The van der Waals surface area contributed by atoms with Gasteiger partial charge in [0.2, 0.25) is 5.91 Å². The van der Waals surface area contributed by atoms with Crippen molar-refractivity contribution in [1.82, 2.24) is 5.32 Å². The number of amidine groups is 1. The number of amides is 1. The van der Waals surface area contributed by atoms with Gasteiger partial charge in [-0.1, -0.05) is 19.3 Å². The van der Waals surface area contributed by atoms with Crippen molar-refractivity contribution in [2.45, 2.75) is 51.5 Å². The Labute approximate surface area is 106 Å². The van der Waals surface area contributed by atoms with Crippen LogP contribution in [0.15, 0.2) is 4.99 Å². The van der Waals surface area contributed by atoms with Gasteiger partial charge in [-0.15, -0.1) is 0 Å². The summed E-state index contributed by atoms with van der Waals surface area (Å²) >= 11 is 1.11. The normalized spacial score (nSPS) is 26.3. The molecule has 1 N–H and O–H groups in total. The summed E-state index contributed by atoms with van der Waals surface area (Å²) in [6.45, 7) is 1.89. The Hall–Kier alpha value is -0.840. The molecule has 17 heavy (non-hydrogen) atoms. The highest BCUT2D eigenvalue weighted by Gasteiger charge is 2.25. The Morgan fingerprint density at radius 2 is 2.06 bits per heavy atom. The molecule has 2 rings (SSSR count). The number of hydrogen-bond acceptors (Lipinski definition) is 4. The lowest BCUT2D eigenvalue weighted by atomic mass is 9.90. The molecule has 1 heterocycles. The molecular weight excluding hydrogens is 236 g/mol. The van der Waals surface area contributed by atoms with Gasteiger partial charge in [-0.3, -0.25) is 14.6 Å². The number of aliphatic imine (C=N–C) groups is 1. The maximum Gasteiger partial charge on any atom is 0.228 e. The number of carbonyl (C=O) groups excluding carboxylic acids is 2. The van der Waals surface area contributed by atoms with Gasteiger partial charge in [-0.25, -0.2) is 0 Å². The molecule has 1 aliphatic carbocycles. The minimum absolute atomic E-state index is 0.00888. The second-order valence-corrected chi connectivity index (χ2v) is 5.78. The first-order valence-electron chi connectivity index (χ1n) is 6.24. The first kappa shape index (κ1) is 12.6. The SMILES string of the molecule is CC1CC(=O)NC(SC(=O)C2CCCCC2)=N1. The van der Waals surface area contributed by atoms with Gasteiger partial charge in [0.05, 0.1) is 6.04 Å². The zero-order valence-electron chi connectivity index (χ0n) is 10.1. The van der Waals surface area contributed by atoms with E-state index in [4.69, 9.17) is 0 Å². The van der Waals surface area contributed by atoms with Crippen molar-refractivity contribution in [2.24, 2.45) is 10.9 Å². The summed E-state index contributed by atoms with van der Waals surface area (Å²) < 4.78 is 0. The van der Waals surface area contributed by atoms with Crippen LogP contribution in [-0.4, -0.2) is 22.2 Å². The summed E-state index contributed by atoms with van der Waals surface area (Å²) in [4.78, 5) is 27.6. The predicted molar refractivity (Wildman–Crippen MR) is 68.8 cm³/mol. The quantitative estimate of drug-likeness (QED) is 0.779. The van der Waals surface area contributed by atoms with Crippen LogP contribution in [-0.2, 0) is 9.59 Å². The largest absolute Gasteiger partial charge is 0.305 e. The Balaban J connectivity index is 1.91. The Morgan fingerprint density at radius 1 is 1.35 bits per heavy atom. The monoisotopic (exact) mass is 254 g/mol. The fourth-order valence-corrected chi connectivity index (χ4v) is 3.28. The van der Waals surface area contributed by atoms with Gasteiger partial charge in [0.15, 0.2) is 10.3 Å². The van der Waals surface area contributed by atoms with E-state index in [2.05, 4.69) is 10.3 Å². The molecule has 0 saturated heterocycles. The third-order valence-electron chi connectivity index (χ3n) is 3.20. The Morgan fingerprint density at radius 3 is 2.71 bits per heavy atom. The lowest BCUT2D eigenvalue weighted by Gasteiger charge is -2.21. The van der Waals surface area contributed by atoms with Crippen LogP contribution in [0.25, 0.3) is 0 Å². The first-order chi connectivity index (χ1) is 8.15. The molecule has 0 spiro atoms. The van der Waals surface area contributed by atoms with Gasteiger partial charge in [0, 0.05) is 12.3 Å². The zero-order chi connectivity index (χ0) is 12.3. The average Bonchev–Trinajstić information content (AvgIpc) is 2.28. The van der Waals surface area contributed by atoms with Crippen LogP contribution >= 0.6 is 11.8 Å². The smallest absolute Gasteiger partial charge is 0.228 e. The molecule has 1 unspecified atom stereocenters. The summed E-state index contributed by atoms with van der Waals surface area (Å²) in [7, 11) is 0. The van der Waals surface area contributed by atoms with E-state index < -0.39 is 0 Å². The van der Waals surface area contributed by atoms with Crippen LogP contribution in [0.1, 0.15) is 45.4 Å². The van der Waals surface area contributed by atoms with Crippen molar-refractivity contribution in [1.29, 1.82) is 0 Å². The van der Waals surface area contributed by atoms with Gasteiger partial charge < -0.3 is 5.32 Å². The standard InChI is InChI=1S/C12H18N2O2S/c1-8-7-10(15)14-12(13-8)17-11(16)9-5-3-2-4-6-9/h8-9H,2-7H2,1H3,(H,13,14,15). The number of nitrogens with zero attached hydrogens (tertiary/aromatic N) is 1. The zero-order valence-corrected chi connectivity index (χ0v) is 10.9. The van der Waals surface area contributed by atoms with E-state index in [1.807, 2.05) is 6.92 Å². The molecular formula is C12H18N2O2S. The van der Waals surface area contributed by atoms with Gasteiger partial charge in [-0.2, -0.15) is 0 Å². The van der Waals surface area contributed by atoms with Crippen molar-refractivity contribution in [3.05, 3.63) is 0 Å². The molecule has 0 bridgehead atoms. The lowest BCUT2D eigenvalue weighted by molar-refractivity contribution is -0.120. The van der Waals surface area contributed by atoms with Crippen molar-refractivity contribution in [3.8, 4) is 0 Å². The molecule has 5 heteroatoms. The minimum Gasteiger partial charge on any atom is -0.305 e. The summed E-state index contributed by atoms with van der Waals surface area (Å²) in [6.07, 6.45) is 5.93. The van der Waals surface area contributed by atoms with Crippen LogP contribution in [0, 0.1) is 5.92 Å². The molecule has 94 valence electrons. The molecule has 0 radical (unpaired) electrons. The lowest BCUT2D eigenvalue weighted by Crippen LogP contribution is -2.37. The second kappa shape index (κ2) is 5.67. The summed E-state index contributed by atoms with van der Waals surface area (Å²) in [5.41, 5.74) is 0. The van der Waals surface area contributed by atoms with E-state index in [-0.39, 0.29) is 23.0 Å². The molecule has 1 saturated carbocycles. The summed E-state index contributed by atoms with van der Waals surface area (Å²) in [6, 6.07) is -0.00888. The molecule has 1 aliphatic heterocycles. The highest BCUT2D eigenvalue weighted by Crippen LogP contribution is 2.28. The van der Waals surface area contributed by atoms with Gasteiger partial charge >= 0.3 is 0 Å². The molecule has 1 fully saturated rings. The molecule has 0 aromatic heterocycles. The summed E-state index contributed by atoms with van der Waals surface area (Å²) in [5.74, 6) is 0.122. The minimum atomic E-state index is -0.0357. The van der Waals surface area contributed by atoms with Crippen LogP contribution in [0.2, 0.25) is 0 Å². The number of thioether (sulfide) groups is 1. The Bertz CT molecular complexity index is 348. The van der Waals surface area contributed by atoms with Gasteiger partial charge in [-0.05, 0) is 31.5 Å². The van der Waals surface area contributed by atoms with E-state index in [1.165, 1.54) is 6.42 Å². The third kappa shape index (κ3) is 3.56. The van der Waals surface area contributed by atoms with Gasteiger partial charge in [0.25, 0.3) is 0 Å². The molecule has 0 aromatic carbocycles. The molecule has 2 aliphatic rings. The van der Waals surface area contributed by atoms with Crippen molar-refractivity contribution < 1.29 is 9.59 Å². The third-order valence-corrected chi connectivity index (χ3v) is 4.14. The second-order valence-electron chi connectivity index (χ2n) is 4.79. The highest BCUT2D eigenvalue weighted by molar-refractivity contribution is 8.26. The number of hydrogen-bond donors (Lipinski definition) is 1. The van der Waals surface area contributed by atoms with Gasteiger partial charge in [0.1, 0.15) is 0 Å². The maximum absolute atomic E-state index is 12.0. The molecule has 0 aromatic rings. The number of carbonyl (C=O) groups is 2. The predicted octanol–water partition coefficient (Wildman–Crippen LogP) is 2.09. The van der Waals surface area contributed by atoms with E-state index in [1.54, 1.807) is 0 Å². The van der Waals surface area contributed by atoms with Crippen molar-refractivity contribution in [3.63, 3.8) is 0 Å². The topological polar surface area (TPSA) is 58.5 Å². The molecule has 1 amide bonds. The van der Waals surface area contributed by atoms with Crippen LogP contribution in [0.4, 0.5) is 0 Å². The number of rotatable bonds is 1. The Kier molecular flexibility index (Phi) is 4.20. The fraction of sp³-hybridized carbons (Fsp3) is 0.750. The fourth-order valence-electron chi connectivity index (χ4n) is 2.29. The van der Waals surface area contributed by atoms with Crippen molar-refractivity contribution in [2.75, 3.05) is 0 Å². The van der Waals surface area contributed by atoms with Crippen molar-refractivity contribution >= 4 is 28.0 Å².